The van der Waals surface area contributed by atoms with E-state index >= 15 is 0 Å². The lowest BCUT2D eigenvalue weighted by atomic mass is 10.2. The Kier molecular flexibility index (Phi) is 5.66. The first-order valence-corrected chi connectivity index (χ1v) is 4.26. The van der Waals surface area contributed by atoms with Crippen LogP contribution < -0.4 is 5.73 Å². The van der Waals surface area contributed by atoms with E-state index in [9.17, 15) is 4.79 Å². The molecule has 0 rings (SSSR count). The summed E-state index contributed by atoms with van der Waals surface area (Å²) in [5.41, 5.74) is 5.31. The van der Waals surface area contributed by atoms with Crippen LogP contribution in [0.25, 0.3) is 0 Å². The molecule has 0 aromatic carbocycles. The molecule has 0 amide bonds. The molecule has 4 heteroatoms. The van der Waals surface area contributed by atoms with Crippen LogP contribution in [0.2, 0.25) is 0 Å². The van der Waals surface area contributed by atoms with Gasteiger partial charge in [-0.15, -0.1) is 0 Å². The summed E-state index contributed by atoms with van der Waals surface area (Å²) in [5, 5.41) is 8.80. The fourth-order valence-electron chi connectivity index (χ4n) is 1.20. The molecule has 0 aliphatic heterocycles. The second-order valence-electron chi connectivity index (χ2n) is 2.91. The third-order valence-electron chi connectivity index (χ3n) is 1.83. The first-order valence-electron chi connectivity index (χ1n) is 4.26. The summed E-state index contributed by atoms with van der Waals surface area (Å²) < 4.78 is 0. The minimum atomic E-state index is -0.781. The van der Waals surface area contributed by atoms with Crippen LogP contribution in [0.3, 0.4) is 0 Å². The third kappa shape index (κ3) is 3.69. The maximum absolute atomic E-state index is 10.7. The maximum atomic E-state index is 10.7. The molecule has 0 aliphatic rings. The molecule has 0 aromatic rings. The predicted octanol–water partition coefficient (Wildman–Crippen LogP) is 0.130. The summed E-state index contributed by atoms with van der Waals surface area (Å²) in [6.07, 6.45) is 1.48. The number of nitrogens with two attached hydrogens (primary N) is 1. The maximum Gasteiger partial charge on any atom is 0.320 e. The molecule has 0 saturated heterocycles. The van der Waals surface area contributed by atoms with Crippen LogP contribution in [0.1, 0.15) is 19.8 Å². The largest absolute Gasteiger partial charge is 0.480 e. The zero-order valence-corrected chi connectivity index (χ0v) is 7.79. The van der Waals surface area contributed by atoms with Gasteiger partial charge in [-0.3, -0.25) is 9.69 Å². The van der Waals surface area contributed by atoms with Crippen LogP contribution in [0, 0.1) is 0 Å². The Labute approximate surface area is 73.3 Å². The average molecular weight is 174 g/mol. The Morgan fingerprint density at radius 3 is 2.58 bits per heavy atom. The van der Waals surface area contributed by atoms with E-state index in [0.717, 1.165) is 13.0 Å². The lowest BCUT2D eigenvalue weighted by molar-refractivity contribution is -0.142. The third-order valence-corrected chi connectivity index (χ3v) is 1.83. The normalized spacial score (nSPS) is 13.3. The van der Waals surface area contributed by atoms with Gasteiger partial charge in [-0.05, 0) is 33.0 Å². The monoisotopic (exact) mass is 174 g/mol. The molecule has 0 fully saturated rings. The van der Waals surface area contributed by atoms with Gasteiger partial charge >= 0.3 is 5.97 Å². The molecule has 0 saturated carbocycles. The quantitative estimate of drug-likeness (QED) is 0.600. The van der Waals surface area contributed by atoms with Crippen molar-refractivity contribution < 1.29 is 9.90 Å². The number of hydrogen-bond acceptors (Lipinski definition) is 3. The summed E-state index contributed by atoms with van der Waals surface area (Å²) in [6.45, 7) is 3.25. The number of nitrogens with zero attached hydrogens (tertiary/aromatic N) is 1. The highest BCUT2D eigenvalue weighted by molar-refractivity contribution is 5.73. The van der Waals surface area contributed by atoms with Gasteiger partial charge in [-0.2, -0.15) is 0 Å². The van der Waals surface area contributed by atoms with Crippen molar-refractivity contribution in [3.05, 3.63) is 0 Å². The zero-order valence-electron chi connectivity index (χ0n) is 7.79. The number of hydrogen-bond donors (Lipinski definition) is 2. The Balaban J connectivity index is 3.99. The van der Waals surface area contributed by atoms with Gasteiger partial charge in [0, 0.05) is 0 Å². The summed E-state index contributed by atoms with van der Waals surface area (Å²) in [4.78, 5) is 12.5. The highest BCUT2D eigenvalue weighted by Gasteiger charge is 2.20. The van der Waals surface area contributed by atoms with Crippen LogP contribution in [-0.4, -0.2) is 42.2 Å². The van der Waals surface area contributed by atoms with Crippen molar-refractivity contribution in [2.24, 2.45) is 5.73 Å². The van der Waals surface area contributed by atoms with Crippen LogP contribution in [0.5, 0.6) is 0 Å². The molecule has 0 aliphatic carbocycles. The van der Waals surface area contributed by atoms with Gasteiger partial charge in [0.15, 0.2) is 0 Å². The fourth-order valence-corrected chi connectivity index (χ4v) is 1.20. The SMILES string of the molecule is CCCN(C)C(CCN)C(=O)O. The van der Waals surface area contributed by atoms with E-state index < -0.39 is 12.0 Å². The second kappa shape index (κ2) is 5.97. The first kappa shape index (κ1) is 11.4. The van der Waals surface area contributed by atoms with E-state index in [0.29, 0.717) is 13.0 Å². The van der Waals surface area contributed by atoms with Crippen molar-refractivity contribution in [2.75, 3.05) is 20.1 Å². The lowest BCUT2D eigenvalue weighted by Crippen LogP contribution is -2.40. The Hall–Kier alpha value is -0.610. The molecule has 1 unspecified atom stereocenters. The van der Waals surface area contributed by atoms with Crippen molar-refractivity contribution in [3.8, 4) is 0 Å². The van der Waals surface area contributed by atoms with E-state index in [1.54, 1.807) is 0 Å². The number of aliphatic carboxylic acids is 1. The van der Waals surface area contributed by atoms with Crippen LogP contribution in [0.15, 0.2) is 0 Å². The fraction of sp³-hybridized carbons (Fsp3) is 0.875. The van der Waals surface area contributed by atoms with Crippen molar-refractivity contribution in [3.63, 3.8) is 0 Å². The Morgan fingerprint density at radius 2 is 2.25 bits per heavy atom. The van der Waals surface area contributed by atoms with Crippen molar-refractivity contribution >= 4 is 5.97 Å². The summed E-state index contributed by atoms with van der Waals surface area (Å²) in [6, 6.07) is -0.421. The Morgan fingerprint density at radius 1 is 1.67 bits per heavy atom. The van der Waals surface area contributed by atoms with Gasteiger partial charge in [-0.25, -0.2) is 0 Å². The molecule has 1 atom stereocenters. The van der Waals surface area contributed by atoms with Gasteiger partial charge in [0.2, 0.25) is 0 Å². The molecule has 4 nitrogen and oxygen atoms in total. The minimum Gasteiger partial charge on any atom is -0.480 e. The van der Waals surface area contributed by atoms with Crippen molar-refractivity contribution in [1.29, 1.82) is 0 Å². The molecule has 0 spiro atoms. The van der Waals surface area contributed by atoms with Gasteiger partial charge in [0.05, 0.1) is 0 Å². The molecular weight excluding hydrogens is 156 g/mol. The van der Waals surface area contributed by atoms with Crippen LogP contribution >= 0.6 is 0 Å². The molecule has 12 heavy (non-hydrogen) atoms. The number of rotatable bonds is 6. The number of carboxylic acid groups (broad SMARTS) is 1. The minimum absolute atomic E-state index is 0.421. The average Bonchev–Trinajstić information content (AvgIpc) is 1.99. The standard InChI is InChI=1S/C8H18N2O2/c1-3-6-10(2)7(4-5-9)8(11)12/h7H,3-6,9H2,1-2H3,(H,11,12). The zero-order chi connectivity index (χ0) is 9.56. The van der Waals surface area contributed by atoms with Crippen LogP contribution in [0.4, 0.5) is 0 Å². The summed E-state index contributed by atoms with van der Waals surface area (Å²) >= 11 is 0. The molecule has 0 bridgehead atoms. The van der Waals surface area contributed by atoms with Gasteiger partial charge in [0.1, 0.15) is 6.04 Å². The van der Waals surface area contributed by atoms with E-state index in [4.69, 9.17) is 10.8 Å². The Bertz CT molecular complexity index is 139. The summed E-state index contributed by atoms with van der Waals surface area (Å²) in [7, 11) is 1.82. The highest BCUT2D eigenvalue weighted by atomic mass is 16.4. The second-order valence-corrected chi connectivity index (χ2v) is 2.91. The number of carboxylic acids is 1. The van der Waals surface area contributed by atoms with E-state index in [1.165, 1.54) is 0 Å². The molecule has 0 radical (unpaired) electrons. The van der Waals surface area contributed by atoms with Gasteiger partial charge in [-0.1, -0.05) is 6.92 Å². The first-order chi connectivity index (χ1) is 5.63. The molecular formula is C8H18N2O2. The van der Waals surface area contributed by atoms with Crippen LogP contribution in [-0.2, 0) is 4.79 Å². The topological polar surface area (TPSA) is 66.6 Å². The summed E-state index contributed by atoms with van der Waals surface area (Å²) in [5.74, 6) is -0.781. The molecule has 0 aromatic heterocycles. The molecule has 72 valence electrons. The highest BCUT2D eigenvalue weighted by Crippen LogP contribution is 2.01. The molecule has 3 N–H and O–H groups in total. The van der Waals surface area contributed by atoms with E-state index in [2.05, 4.69) is 0 Å². The van der Waals surface area contributed by atoms with E-state index in [-0.39, 0.29) is 0 Å². The smallest absolute Gasteiger partial charge is 0.320 e. The van der Waals surface area contributed by atoms with Gasteiger partial charge in [0.25, 0.3) is 0 Å². The number of carbonyl (C=O) groups is 1. The van der Waals surface area contributed by atoms with Crippen molar-refractivity contribution in [2.45, 2.75) is 25.8 Å². The van der Waals surface area contributed by atoms with Crippen molar-refractivity contribution in [1.82, 2.24) is 4.90 Å². The van der Waals surface area contributed by atoms with Gasteiger partial charge < -0.3 is 10.8 Å². The predicted molar refractivity (Wildman–Crippen MR) is 48.0 cm³/mol. The lowest BCUT2D eigenvalue weighted by Gasteiger charge is -2.23. The van der Waals surface area contributed by atoms with E-state index in [1.807, 2.05) is 18.9 Å². The molecule has 0 heterocycles. The number of likely N-dealkylation sites (N-methyl/N-ethyl adjacent to an activating group) is 1.